The largest absolute Gasteiger partial charge is 0.361 e. The number of aryl methyl sites for hydroxylation is 2. The first kappa shape index (κ1) is 20.3. The molecule has 0 aliphatic heterocycles. The molecule has 2 heterocycles. The van der Waals surface area contributed by atoms with Gasteiger partial charge in [-0.25, -0.2) is 9.97 Å². The van der Waals surface area contributed by atoms with Crippen LogP contribution >= 0.6 is 11.6 Å². The number of pyridine rings is 1. The Morgan fingerprint density at radius 3 is 2.68 bits per heavy atom. The van der Waals surface area contributed by atoms with Gasteiger partial charge in [-0.3, -0.25) is 9.36 Å². The van der Waals surface area contributed by atoms with E-state index in [1.165, 1.54) is 11.1 Å². The lowest BCUT2D eigenvalue weighted by Gasteiger charge is -2.17. The van der Waals surface area contributed by atoms with Crippen LogP contribution in [0.2, 0.25) is 5.15 Å². The first-order chi connectivity index (χ1) is 13.4. The summed E-state index contributed by atoms with van der Waals surface area (Å²) in [6.07, 6.45) is 2.98. The highest BCUT2D eigenvalue weighted by Gasteiger charge is 2.16. The van der Waals surface area contributed by atoms with Gasteiger partial charge in [-0.05, 0) is 55.5 Å². The van der Waals surface area contributed by atoms with Gasteiger partial charge < -0.3 is 5.32 Å². The van der Waals surface area contributed by atoms with E-state index in [-0.39, 0.29) is 11.6 Å². The quantitative estimate of drug-likeness (QED) is 0.549. The lowest BCUT2D eigenvalue weighted by atomic mass is 10.0. The molecular formula is C22H27ClN4O. The minimum atomic E-state index is -0.169. The molecule has 0 saturated heterocycles. The average molecular weight is 399 g/mol. The van der Waals surface area contributed by atoms with Gasteiger partial charge in [0.15, 0.2) is 11.5 Å². The molecule has 2 aromatic heterocycles. The minimum Gasteiger partial charge on any atom is -0.361 e. The number of aromatic nitrogens is 3. The van der Waals surface area contributed by atoms with Gasteiger partial charge in [0, 0.05) is 12.6 Å². The van der Waals surface area contributed by atoms with Gasteiger partial charge in [0.2, 0.25) is 0 Å². The lowest BCUT2D eigenvalue weighted by Crippen LogP contribution is -2.28. The first-order valence-corrected chi connectivity index (χ1v) is 10.2. The van der Waals surface area contributed by atoms with Crippen molar-refractivity contribution in [2.75, 3.05) is 5.32 Å². The maximum absolute atomic E-state index is 13.1. The van der Waals surface area contributed by atoms with Crippen molar-refractivity contribution in [3.05, 3.63) is 62.5 Å². The Labute approximate surface area is 170 Å². The SMILES string of the molecule is CCCc1cc(CNc2nc3ccc(Cl)nc3n([C@H](C)CC)c2=O)ccc1C. The van der Waals surface area contributed by atoms with Gasteiger partial charge in [-0.15, -0.1) is 0 Å². The Bertz CT molecular complexity index is 1040. The number of anilines is 1. The molecule has 5 nitrogen and oxygen atoms in total. The van der Waals surface area contributed by atoms with Crippen LogP contribution in [0.5, 0.6) is 0 Å². The molecule has 0 spiro atoms. The second kappa shape index (κ2) is 8.74. The van der Waals surface area contributed by atoms with Crippen molar-refractivity contribution in [2.24, 2.45) is 0 Å². The van der Waals surface area contributed by atoms with Crippen LogP contribution in [0.25, 0.3) is 11.2 Å². The van der Waals surface area contributed by atoms with Crippen LogP contribution in [-0.2, 0) is 13.0 Å². The zero-order valence-electron chi connectivity index (χ0n) is 16.9. The number of rotatable bonds is 7. The third-order valence-electron chi connectivity index (χ3n) is 5.13. The fourth-order valence-corrected chi connectivity index (χ4v) is 3.47. The maximum atomic E-state index is 13.1. The van der Waals surface area contributed by atoms with Crippen LogP contribution in [-0.4, -0.2) is 14.5 Å². The van der Waals surface area contributed by atoms with Crippen molar-refractivity contribution in [1.82, 2.24) is 14.5 Å². The highest BCUT2D eigenvalue weighted by Crippen LogP contribution is 2.20. The summed E-state index contributed by atoms with van der Waals surface area (Å²) < 4.78 is 1.69. The van der Waals surface area contributed by atoms with Crippen LogP contribution in [0.4, 0.5) is 5.82 Å². The molecule has 0 bridgehead atoms. The summed E-state index contributed by atoms with van der Waals surface area (Å²) in [6, 6.07) is 9.94. The molecule has 0 fully saturated rings. The molecule has 0 unspecified atom stereocenters. The Hall–Kier alpha value is -2.40. The van der Waals surface area contributed by atoms with E-state index in [0.29, 0.717) is 28.7 Å². The molecule has 1 N–H and O–H groups in total. The van der Waals surface area contributed by atoms with Crippen LogP contribution in [0, 0.1) is 6.92 Å². The van der Waals surface area contributed by atoms with E-state index in [9.17, 15) is 4.79 Å². The molecule has 3 aromatic rings. The van der Waals surface area contributed by atoms with E-state index in [1.54, 1.807) is 16.7 Å². The van der Waals surface area contributed by atoms with Gasteiger partial charge in [0.25, 0.3) is 5.56 Å². The number of fused-ring (bicyclic) bond motifs is 1. The molecule has 0 aliphatic rings. The van der Waals surface area contributed by atoms with Crippen LogP contribution in [0.1, 0.15) is 56.3 Å². The number of halogens is 1. The third-order valence-corrected chi connectivity index (χ3v) is 5.34. The lowest BCUT2D eigenvalue weighted by molar-refractivity contribution is 0.527. The summed E-state index contributed by atoms with van der Waals surface area (Å²) in [5.74, 6) is 0.342. The molecule has 0 saturated carbocycles. The Balaban J connectivity index is 1.98. The van der Waals surface area contributed by atoms with Crippen molar-refractivity contribution in [3.8, 4) is 0 Å². The smallest absolute Gasteiger partial charge is 0.295 e. The maximum Gasteiger partial charge on any atom is 0.295 e. The average Bonchev–Trinajstić information content (AvgIpc) is 2.68. The molecule has 148 valence electrons. The van der Waals surface area contributed by atoms with Gasteiger partial charge in [0.1, 0.15) is 10.7 Å². The zero-order valence-corrected chi connectivity index (χ0v) is 17.7. The summed E-state index contributed by atoms with van der Waals surface area (Å²) in [7, 11) is 0. The number of nitrogens with one attached hydrogen (secondary N) is 1. The number of hydrogen-bond donors (Lipinski definition) is 1. The monoisotopic (exact) mass is 398 g/mol. The summed E-state index contributed by atoms with van der Waals surface area (Å²) in [5.41, 5.74) is 4.80. The Morgan fingerprint density at radius 1 is 1.18 bits per heavy atom. The van der Waals surface area contributed by atoms with E-state index >= 15 is 0 Å². The molecule has 0 radical (unpaired) electrons. The van der Waals surface area contributed by atoms with Crippen LogP contribution in [0.15, 0.2) is 35.1 Å². The molecule has 6 heteroatoms. The number of benzene rings is 1. The molecule has 0 amide bonds. The van der Waals surface area contributed by atoms with Crippen molar-refractivity contribution < 1.29 is 0 Å². The summed E-state index contributed by atoms with van der Waals surface area (Å²) in [6.45, 7) is 8.91. The van der Waals surface area contributed by atoms with Gasteiger partial charge >= 0.3 is 0 Å². The zero-order chi connectivity index (χ0) is 20.3. The molecule has 0 aliphatic carbocycles. The van der Waals surface area contributed by atoms with E-state index in [4.69, 9.17) is 11.6 Å². The van der Waals surface area contributed by atoms with Gasteiger partial charge in [-0.2, -0.15) is 0 Å². The summed E-state index contributed by atoms with van der Waals surface area (Å²) in [5, 5.41) is 3.60. The normalized spacial score (nSPS) is 12.3. The fourth-order valence-electron chi connectivity index (χ4n) is 3.33. The van der Waals surface area contributed by atoms with Crippen molar-refractivity contribution in [2.45, 2.75) is 59.5 Å². The van der Waals surface area contributed by atoms with Crippen LogP contribution < -0.4 is 10.9 Å². The highest BCUT2D eigenvalue weighted by atomic mass is 35.5. The highest BCUT2D eigenvalue weighted by molar-refractivity contribution is 6.29. The summed E-state index contributed by atoms with van der Waals surface area (Å²) in [4.78, 5) is 22.0. The van der Waals surface area contributed by atoms with E-state index < -0.39 is 0 Å². The van der Waals surface area contributed by atoms with Gasteiger partial charge in [-0.1, -0.05) is 50.1 Å². The Kier molecular flexibility index (Phi) is 6.35. The minimum absolute atomic E-state index is 0.0000448. The second-order valence-corrected chi connectivity index (χ2v) is 7.62. The predicted octanol–water partition coefficient (Wildman–Crippen LogP) is 5.29. The van der Waals surface area contributed by atoms with Gasteiger partial charge in [0.05, 0.1) is 0 Å². The number of nitrogens with zero attached hydrogens (tertiary/aromatic N) is 3. The van der Waals surface area contributed by atoms with E-state index in [0.717, 1.165) is 24.8 Å². The molecule has 1 aromatic carbocycles. The van der Waals surface area contributed by atoms with Crippen molar-refractivity contribution >= 4 is 28.6 Å². The molecule has 28 heavy (non-hydrogen) atoms. The number of hydrogen-bond acceptors (Lipinski definition) is 4. The standard InChI is InChI=1S/C22H27ClN4O/c1-5-7-17-12-16(9-8-14(17)3)13-24-20-22(28)27(15(4)6-2)21-18(25-20)10-11-19(23)26-21/h8-12,15H,5-7,13H2,1-4H3,(H,24,25)/t15-/m1/s1. The summed E-state index contributed by atoms with van der Waals surface area (Å²) >= 11 is 6.06. The topological polar surface area (TPSA) is 59.8 Å². The second-order valence-electron chi connectivity index (χ2n) is 7.23. The van der Waals surface area contributed by atoms with Crippen LogP contribution in [0.3, 0.4) is 0 Å². The predicted molar refractivity (Wildman–Crippen MR) is 116 cm³/mol. The fraction of sp³-hybridized carbons (Fsp3) is 0.409. The van der Waals surface area contributed by atoms with Crippen molar-refractivity contribution in [1.29, 1.82) is 0 Å². The van der Waals surface area contributed by atoms with E-state index in [1.807, 2.05) is 13.8 Å². The van der Waals surface area contributed by atoms with E-state index in [2.05, 4.69) is 47.3 Å². The molecule has 1 atom stereocenters. The first-order valence-electron chi connectivity index (χ1n) is 9.85. The Morgan fingerprint density at radius 2 is 1.96 bits per heavy atom. The van der Waals surface area contributed by atoms with Crippen molar-refractivity contribution in [3.63, 3.8) is 0 Å². The molecular weight excluding hydrogens is 372 g/mol. The molecule has 3 rings (SSSR count). The third kappa shape index (κ3) is 4.20.